The molecule has 2 rings (SSSR count). The van der Waals surface area contributed by atoms with Crippen molar-refractivity contribution in [2.75, 3.05) is 7.11 Å². The highest BCUT2D eigenvalue weighted by Crippen LogP contribution is 2.42. The summed E-state index contributed by atoms with van der Waals surface area (Å²) in [6.07, 6.45) is 6.26. The molecular weight excluding hydrogens is 362 g/mol. The van der Waals surface area contributed by atoms with Gasteiger partial charge in [-0.25, -0.2) is 4.79 Å². The van der Waals surface area contributed by atoms with Gasteiger partial charge in [0, 0.05) is 23.0 Å². The molecule has 29 heavy (non-hydrogen) atoms. The van der Waals surface area contributed by atoms with Crippen LogP contribution in [0.4, 0.5) is 0 Å². The quantitative estimate of drug-likeness (QED) is 0.616. The fraction of sp³-hybridized carbons (Fsp3) is 0.520. The number of phenolic OH excluding ortho intramolecular Hbond substituents is 1. The maximum atomic E-state index is 12.6. The number of carbonyl (C=O) groups excluding carboxylic acids is 1. The van der Waals surface area contributed by atoms with E-state index in [1.54, 1.807) is 6.21 Å². The fourth-order valence-corrected chi connectivity index (χ4v) is 3.56. The summed E-state index contributed by atoms with van der Waals surface area (Å²) in [6, 6.07) is 4.05. The van der Waals surface area contributed by atoms with Gasteiger partial charge in [-0.1, -0.05) is 47.6 Å². The molecule has 0 saturated carbocycles. The van der Waals surface area contributed by atoms with Gasteiger partial charge in [0.2, 0.25) is 0 Å². The summed E-state index contributed by atoms with van der Waals surface area (Å²) in [5.74, 6) is -0.0515. The number of aliphatic imine (C=N–C) groups is 1. The molecule has 1 N–H and O–H groups in total. The van der Waals surface area contributed by atoms with Crippen LogP contribution in [0, 0.1) is 0 Å². The molecule has 4 heteroatoms. The van der Waals surface area contributed by atoms with E-state index >= 15 is 0 Å². The van der Waals surface area contributed by atoms with E-state index < -0.39 is 0 Å². The third-order valence-corrected chi connectivity index (χ3v) is 5.27. The molecule has 0 atom stereocenters. The molecule has 1 aliphatic heterocycles. The Kier molecular flexibility index (Phi) is 6.77. The smallest absolute Gasteiger partial charge is 0.339 e. The minimum Gasteiger partial charge on any atom is -0.507 e. The molecule has 0 spiro atoms. The zero-order chi connectivity index (χ0) is 22.0. The molecule has 0 bridgehead atoms. The first-order valence-corrected chi connectivity index (χ1v) is 10.3. The van der Waals surface area contributed by atoms with E-state index in [0.717, 1.165) is 47.2 Å². The first kappa shape index (κ1) is 22.9. The Morgan fingerprint density at radius 1 is 1.07 bits per heavy atom. The average molecular weight is 398 g/mol. The lowest BCUT2D eigenvalue weighted by atomic mass is 9.77. The second-order valence-electron chi connectivity index (χ2n) is 9.80. The van der Waals surface area contributed by atoms with Crippen LogP contribution in [0.1, 0.15) is 84.4 Å². The number of carbonyl (C=O) groups is 1. The second kappa shape index (κ2) is 8.56. The Hall–Kier alpha value is -2.36. The van der Waals surface area contributed by atoms with Crippen LogP contribution in [-0.2, 0) is 20.4 Å². The Bertz CT molecular complexity index is 839. The molecule has 0 aromatic heterocycles. The van der Waals surface area contributed by atoms with Gasteiger partial charge in [0.25, 0.3) is 0 Å². The maximum Gasteiger partial charge on any atom is 0.339 e. The Morgan fingerprint density at radius 2 is 1.62 bits per heavy atom. The number of nitrogens with zero attached hydrogens (tertiary/aromatic N) is 1. The van der Waals surface area contributed by atoms with Crippen LogP contribution in [0.25, 0.3) is 5.57 Å². The topological polar surface area (TPSA) is 58.9 Å². The number of allylic oxidation sites excluding steroid dienone is 3. The van der Waals surface area contributed by atoms with Crippen LogP contribution in [0.5, 0.6) is 5.75 Å². The van der Waals surface area contributed by atoms with Crippen molar-refractivity contribution >= 4 is 17.8 Å². The molecule has 1 aliphatic rings. The number of rotatable bonds is 2. The van der Waals surface area contributed by atoms with E-state index in [2.05, 4.69) is 52.6 Å². The summed E-state index contributed by atoms with van der Waals surface area (Å²) >= 11 is 0. The largest absolute Gasteiger partial charge is 0.507 e. The van der Waals surface area contributed by atoms with Crippen LogP contribution in [-0.4, -0.2) is 24.4 Å². The number of methoxy groups -OCH3 is 1. The predicted molar refractivity (Wildman–Crippen MR) is 121 cm³/mol. The molecule has 4 nitrogen and oxygen atoms in total. The van der Waals surface area contributed by atoms with Gasteiger partial charge in [-0.15, -0.1) is 0 Å². The molecule has 1 aromatic rings. The molecule has 0 saturated heterocycles. The Labute approximate surface area is 175 Å². The fourth-order valence-electron chi connectivity index (χ4n) is 3.56. The molecule has 1 heterocycles. The van der Waals surface area contributed by atoms with Crippen LogP contribution in [0.2, 0.25) is 0 Å². The number of esters is 1. The molecular formula is C25H35NO3. The highest BCUT2D eigenvalue weighted by Gasteiger charge is 2.28. The summed E-state index contributed by atoms with van der Waals surface area (Å²) in [5.41, 5.74) is 4.51. The number of aromatic hydroxyl groups is 1. The number of phenols is 1. The minimum absolute atomic E-state index is 0.239. The van der Waals surface area contributed by atoms with Gasteiger partial charge < -0.3 is 9.84 Å². The van der Waals surface area contributed by atoms with Crippen molar-refractivity contribution in [2.24, 2.45) is 4.99 Å². The summed E-state index contributed by atoms with van der Waals surface area (Å²) in [7, 11) is 1.40. The molecule has 1 aromatic carbocycles. The maximum absolute atomic E-state index is 12.6. The van der Waals surface area contributed by atoms with Crippen molar-refractivity contribution in [2.45, 2.75) is 78.6 Å². The van der Waals surface area contributed by atoms with Crippen LogP contribution in [0.3, 0.4) is 0 Å². The van der Waals surface area contributed by atoms with Crippen molar-refractivity contribution < 1.29 is 14.6 Å². The molecule has 0 fully saturated rings. The second-order valence-corrected chi connectivity index (χ2v) is 9.80. The van der Waals surface area contributed by atoms with E-state index in [-0.39, 0.29) is 16.8 Å². The monoisotopic (exact) mass is 397 g/mol. The zero-order valence-corrected chi connectivity index (χ0v) is 19.1. The van der Waals surface area contributed by atoms with Gasteiger partial charge in [-0.05, 0) is 60.3 Å². The van der Waals surface area contributed by atoms with Crippen LogP contribution in [0.15, 0.2) is 34.5 Å². The van der Waals surface area contributed by atoms with Gasteiger partial charge in [-0.3, -0.25) is 4.99 Å². The Morgan fingerprint density at radius 3 is 2.10 bits per heavy atom. The van der Waals surface area contributed by atoms with Crippen LogP contribution >= 0.6 is 0 Å². The highest BCUT2D eigenvalue weighted by atomic mass is 16.5. The van der Waals surface area contributed by atoms with E-state index in [1.807, 2.05) is 19.1 Å². The van der Waals surface area contributed by atoms with Gasteiger partial charge in [0.15, 0.2) is 0 Å². The zero-order valence-electron chi connectivity index (χ0n) is 19.1. The summed E-state index contributed by atoms with van der Waals surface area (Å²) in [4.78, 5) is 17.1. The third kappa shape index (κ3) is 5.37. The number of ether oxygens (including phenoxy) is 1. The molecule has 0 amide bonds. The normalized spacial score (nSPS) is 21.4. The van der Waals surface area contributed by atoms with E-state index in [1.165, 1.54) is 7.11 Å². The van der Waals surface area contributed by atoms with E-state index in [9.17, 15) is 9.90 Å². The van der Waals surface area contributed by atoms with Gasteiger partial charge in [0.1, 0.15) is 5.75 Å². The lowest BCUT2D eigenvalue weighted by Gasteiger charge is -2.29. The minimum atomic E-state index is -0.388. The lowest BCUT2D eigenvalue weighted by Crippen LogP contribution is -2.18. The van der Waals surface area contributed by atoms with Crippen LogP contribution < -0.4 is 0 Å². The summed E-state index contributed by atoms with van der Waals surface area (Å²) in [6.45, 7) is 14.5. The lowest BCUT2D eigenvalue weighted by molar-refractivity contribution is -0.135. The SMILES string of the molecule is COC(=O)C1=C(\c2cc(C(C)(C)C)c(O)c(C(C)(C)C)c2)CCC/C=C(C)/N=C\1. The van der Waals surface area contributed by atoms with E-state index in [4.69, 9.17) is 4.74 Å². The third-order valence-electron chi connectivity index (χ3n) is 5.27. The van der Waals surface area contributed by atoms with Crippen molar-refractivity contribution in [3.63, 3.8) is 0 Å². The van der Waals surface area contributed by atoms with Crippen molar-refractivity contribution in [1.82, 2.24) is 0 Å². The predicted octanol–water partition coefficient (Wildman–Crippen LogP) is 6.07. The highest BCUT2D eigenvalue weighted by molar-refractivity contribution is 6.16. The molecule has 0 radical (unpaired) electrons. The molecule has 0 unspecified atom stereocenters. The standard InChI is InChI=1S/C25H35NO3/c1-16-11-9-10-12-18(19(15-26-16)23(28)29-8)17-13-20(24(2,3)4)22(27)21(14-17)25(5,6)7/h11,13-15,27H,9-10,12H2,1-8H3/b16-11+,19-18-,26-15-. The first-order valence-electron chi connectivity index (χ1n) is 10.3. The van der Waals surface area contributed by atoms with Crippen molar-refractivity contribution in [3.05, 3.63) is 46.2 Å². The number of benzene rings is 1. The molecule has 158 valence electrons. The summed E-state index contributed by atoms with van der Waals surface area (Å²) < 4.78 is 5.08. The van der Waals surface area contributed by atoms with E-state index in [0.29, 0.717) is 11.3 Å². The Balaban J connectivity index is 2.86. The van der Waals surface area contributed by atoms with Gasteiger partial charge in [-0.2, -0.15) is 0 Å². The number of hydrogen-bond donors (Lipinski definition) is 1. The number of hydrogen-bond acceptors (Lipinski definition) is 4. The first-order chi connectivity index (χ1) is 13.4. The molecule has 0 aliphatic carbocycles. The van der Waals surface area contributed by atoms with Gasteiger partial charge >= 0.3 is 5.97 Å². The van der Waals surface area contributed by atoms with Gasteiger partial charge in [0.05, 0.1) is 12.7 Å². The summed E-state index contributed by atoms with van der Waals surface area (Å²) in [5, 5.41) is 11.0. The average Bonchev–Trinajstić information content (AvgIpc) is 2.70. The van der Waals surface area contributed by atoms with Crippen molar-refractivity contribution in [1.29, 1.82) is 0 Å². The van der Waals surface area contributed by atoms with Crippen molar-refractivity contribution in [3.8, 4) is 5.75 Å².